The zero-order chi connectivity index (χ0) is 18.6. The maximum Gasteiger partial charge on any atom is 0.412 e. The number of aryl methyl sites for hydroxylation is 1. The molecule has 0 heterocycles. The highest BCUT2D eigenvalue weighted by atomic mass is 16.6. The molecule has 0 saturated heterocycles. The van der Waals surface area contributed by atoms with E-state index in [0.29, 0.717) is 17.0 Å². The molecule has 6 heteroatoms. The molecule has 0 fully saturated rings. The number of para-hydroxylation sites is 1. The van der Waals surface area contributed by atoms with Crippen molar-refractivity contribution in [3.63, 3.8) is 0 Å². The summed E-state index contributed by atoms with van der Waals surface area (Å²) in [6.07, 6.45) is -0.647. The average molecular weight is 343 g/mol. The van der Waals surface area contributed by atoms with Crippen molar-refractivity contribution in [3.8, 4) is 11.5 Å². The van der Waals surface area contributed by atoms with E-state index in [-0.39, 0.29) is 11.3 Å². The number of ether oxygens (including phenoxy) is 2. The fourth-order valence-corrected chi connectivity index (χ4v) is 2.17. The summed E-state index contributed by atoms with van der Waals surface area (Å²) >= 11 is 0. The predicted octanol–water partition coefficient (Wildman–Crippen LogP) is 4.27. The van der Waals surface area contributed by atoms with E-state index in [9.17, 15) is 14.7 Å². The number of hydrogen-bond donors (Lipinski definition) is 2. The van der Waals surface area contributed by atoms with E-state index in [1.807, 2.05) is 0 Å². The number of amides is 1. The second kappa shape index (κ2) is 7.25. The van der Waals surface area contributed by atoms with Gasteiger partial charge in [0.15, 0.2) is 0 Å². The summed E-state index contributed by atoms with van der Waals surface area (Å²) in [5.74, 6) is -0.584. The van der Waals surface area contributed by atoms with Gasteiger partial charge in [-0.25, -0.2) is 9.59 Å². The van der Waals surface area contributed by atoms with Crippen molar-refractivity contribution >= 4 is 17.7 Å². The highest BCUT2D eigenvalue weighted by molar-refractivity contribution is 5.97. The average Bonchev–Trinajstić information content (AvgIpc) is 2.45. The van der Waals surface area contributed by atoms with E-state index in [4.69, 9.17) is 9.47 Å². The molecular formula is C19H21NO5. The summed E-state index contributed by atoms with van der Waals surface area (Å²) in [7, 11) is 0. The molecule has 6 nitrogen and oxygen atoms in total. The Hall–Kier alpha value is -3.02. The third kappa shape index (κ3) is 5.24. The fourth-order valence-electron chi connectivity index (χ4n) is 2.17. The quantitative estimate of drug-likeness (QED) is 0.642. The van der Waals surface area contributed by atoms with Gasteiger partial charge in [0.25, 0.3) is 0 Å². The van der Waals surface area contributed by atoms with Gasteiger partial charge in [0.2, 0.25) is 0 Å². The summed E-state index contributed by atoms with van der Waals surface area (Å²) in [6, 6.07) is 11.4. The topological polar surface area (TPSA) is 84.9 Å². The molecule has 1 amide bonds. The molecule has 0 saturated carbocycles. The molecule has 2 N–H and O–H groups in total. The van der Waals surface area contributed by atoms with Crippen molar-refractivity contribution in [1.82, 2.24) is 0 Å². The maximum atomic E-state index is 12.3. The van der Waals surface area contributed by atoms with E-state index in [0.717, 1.165) is 0 Å². The maximum absolute atomic E-state index is 12.3. The predicted molar refractivity (Wildman–Crippen MR) is 94.1 cm³/mol. The molecule has 0 atom stereocenters. The van der Waals surface area contributed by atoms with E-state index in [2.05, 4.69) is 5.32 Å². The van der Waals surface area contributed by atoms with E-state index in [1.54, 1.807) is 64.1 Å². The Labute approximate surface area is 146 Å². The van der Waals surface area contributed by atoms with Gasteiger partial charge in [0.05, 0.1) is 0 Å². The third-order valence-corrected chi connectivity index (χ3v) is 3.12. The van der Waals surface area contributed by atoms with E-state index >= 15 is 0 Å². The number of phenols is 1. The Balaban J connectivity index is 2.17. The van der Waals surface area contributed by atoms with Crippen molar-refractivity contribution in [2.45, 2.75) is 33.3 Å². The highest BCUT2D eigenvalue weighted by Crippen LogP contribution is 2.28. The molecule has 0 aliphatic rings. The van der Waals surface area contributed by atoms with Crippen LogP contribution in [0.15, 0.2) is 42.5 Å². The number of carbonyl (C=O) groups is 2. The lowest BCUT2D eigenvalue weighted by molar-refractivity contribution is 0.0635. The fraction of sp³-hybridized carbons (Fsp3) is 0.263. The summed E-state index contributed by atoms with van der Waals surface area (Å²) in [5, 5.41) is 12.7. The van der Waals surface area contributed by atoms with Gasteiger partial charge >= 0.3 is 12.1 Å². The minimum atomic E-state index is -0.676. The molecule has 132 valence electrons. The zero-order valence-corrected chi connectivity index (χ0v) is 14.6. The van der Waals surface area contributed by atoms with Gasteiger partial charge in [-0.05, 0) is 51.5 Å². The van der Waals surface area contributed by atoms with Crippen LogP contribution in [0.5, 0.6) is 11.5 Å². The van der Waals surface area contributed by atoms with Crippen molar-refractivity contribution in [2.75, 3.05) is 5.32 Å². The number of aromatic hydroxyl groups is 1. The van der Waals surface area contributed by atoms with E-state index in [1.165, 1.54) is 6.07 Å². The smallest absolute Gasteiger partial charge is 0.412 e. The summed E-state index contributed by atoms with van der Waals surface area (Å²) < 4.78 is 10.4. The molecule has 0 aromatic heterocycles. The molecule has 2 aromatic carbocycles. The van der Waals surface area contributed by atoms with Crippen molar-refractivity contribution < 1.29 is 24.2 Å². The molecule has 2 aromatic rings. The number of carbonyl (C=O) groups excluding carboxylic acids is 2. The van der Waals surface area contributed by atoms with Gasteiger partial charge in [-0.2, -0.15) is 0 Å². The Bertz CT molecular complexity index is 755. The van der Waals surface area contributed by atoms with Gasteiger partial charge in [-0.15, -0.1) is 0 Å². The lowest BCUT2D eigenvalue weighted by atomic mass is 10.1. The minimum absolute atomic E-state index is 0.0404. The first-order valence-electron chi connectivity index (χ1n) is 7.76. The zero-order valence-electron chi connectivity index (χ0n) is 14.6. The van der Waals surface area contributed by atoms with Crippen molar-refractivity contribution in [1.29, 1.82) is 0 Å². The third-order valence-electron chi connectivity index (χ3n) is 3.12. The van der Waals surface area contributed by atoms with Crippen LogP contribution in [0.4, 0.5) is 10.5 Å². The normalized spacial score (nSPS) is 10.9. The van der Waals surface area contributed by atoms with Crippen LogP contribution in [-0.4, -0.2) is 22.8 Å². The van der Waals surface area contributed by atoms with Crippen LogP contribution < -0.4 is 10.1 Å². The molecule has 0 radical (unpaired) electrons. The van der Waals surface area contributed by atoms with Crippen molar-refractivity contribution in [3.05, 3.63) is 53.6 Å². The standard InChI is InChI=1S/C19H21NO5/c1-12-10-13(20-18(23)25-19(2,3)4)11-15(21)16(12)17(22)24-14-8-6-5-7-9-14/h5-11,21H,1-4H3,(H,20,23). The number of esters is 1. The first kappa shape index (κ1) is 18.3. The molecule has 25 heavy (non-hydrogen) atoms. The van der Waals surface area contributed by atoms with E-state index < -0.39 is 17.7 Å². The summed E-state index contributed by atoms with van der Waals surface area (Å²) in [4.78, 5) is 24.1. The van der Waals surface area contributed by atoms with Crippen molar-refractivity contribution in [2.24, 2.45) is 0 Å². The van der Waals surface area contributed by atoms with Gasteiger partial charge in [-0.3, -0.25) is 5.32 Å². The van der Waals surface area contributed by atoms with Crippen LogP contribution in [-0.2, 0) is 4.74 Å². The first-order valence-corrected chi connectivity index (χ1v) is 7.76. The minimum Gasteiger partial charge on any atom is -0.507 e. The Morgan fingerprint density at radius 1 is 1.08 bits per heavy atom. The first-order chi connectivity index (χ1) is 11.7. The second-order valence-corrected chi connectivity index (χ2v) is 6.52. The molecular weight excluding hydrogens is 322 g/mol. The number of rotatable bonds is 3. The van der Waals surface area contributed by atoms with Crippen LogP contribution >= 0.6 is 0 Å². The van der Waals surface area contributed by atoms with Gasteiger partial charge in [0.1, 0.15) is 22.7 Å². The largest absolute Gasteiger partial charge is 0.507 e. The lowest BCUT2D eigenvalue weighted by Gasteiger charge is -2.20. The molecule has 0 spiro atoms. The molecule has 0 unspecified atom stereocenters. The molecule has 0 aliphatic heterocycles. The Morgan fingerprint density at radius 2 is 1.72 bits per heavy atom. The molecule has 0 bridgehead atoms. The van der Waals surface area contributed by atoms with Gasteiger partial charge < -0.3 is 14.6 Å². The Kier molecular flexibility index (Phi) is 5.32. The number of anilines is 1. The lowest BCUT2D eigenvalue weighted by Crippen LogP contribution is -2.27. The summed E-state index contributed by atoms with van der Waals surface area (Å²) in [6.45, 7) is 6.88. The second-order valence-electron chi connectivity index (χ2n) is 6.52. The van der Waals surface area contributed by atoms with Crippen LogP contribution in [0, 0.1) is 6.92 Å². The number of phenolic OH excluding ortho intramolecular Hbond substituents is 1. The van der Waals surface area contributed by atoms with Crippen LogP contribution in [0.3, 0.4) is 0 Å². The summed E-state index contributed by atoms with van der Waals surface area (Å²) in [5.41, 5.74) is 0.187. The molecule has 2 rings (SSSR count). The number of hydrogen-bond acceptors (Lipinski definition) is 5. The van der Waals surface area contributed by atoms with Crippen LogP contribution in [0.2, 0.25) is 0 Å². The van der Waals surface area contributed by atoms with Gasteiger partial charge in [0, 0.05) is 11.8 Å². The molecule has 0 aliphatic carbocycles. The van der Waals surface area contributed by atoms with Crippen LogP contribution in [0.1, 0.15) is 36.7 Å². The monoisotopic (exact) mass is 343 g/mol. The van der Waals surface area contributed by atoms with Crippen LogP contribution in [0.25, 0.3) is 0 Å². The number of nitrogens with one attached hydrogen (secondary N) is 1. The SMILES string of the molecule is Cc1cc(NC(=O)OC(C)(C)C)cc(O)c1C(=O)Oc1ccccc1. The van der Waals surface area contributed by atoms with Gasteiger partial charge in [-0.1, -0.05) is 18.2 Å². The Morgan fingerprint density at radius 3 is 2.28 bits per heavy atom. The highest BCUT2D eigenvalue weighted by Gasteiger charge is 2.20. The number of benzene rings is 2.